The zero-order chi connectivity index (χ0) is 11.5. The van der Waals surface area contributed by atoms with Crippen LogP contribution in [0.3, 0.4) is 0 Å². The van der Waals surface area contributed by atoms with Crippen molar-refractivity contribution in [2.45, 2.75) is 25.9 Å². The van der Waals surface area contributed by atoms with Crippen molar-refractivity contribution < 1.29 is 14.7 Å². The van der Waals surface area contributed by atoms with Gasteiger partial charge >= 0.3 is 5.97 Å². The van der Waals surface area contributed by atoms with Gasteiger partial charge in [0.05, 0.1) is 5.71 Å². The van der Waals surface area contributed by atoms with Crippen molar-refractivity contribution in [2.24, 2.45) is 5.16 Å². The van der Waals surface area contributed by atoms with Gasteiger partial charge in [-0.05, 0) is 12.0 Å². The molecule has 4 nitrogen and oxygen atoms in total. The predicted octanol–water partition coefficient (Wildman–Crippen LogP) is 1.83. The lowest BCUT2D eigenvalue weighted by Crippen LogP contribution is -2.20. The van der Waals surface area contributed by atoms with Gasteiger partial charge in [0.2, 0.25) is 6.10 Å². The topological polar surface area (TPSA) is 58.9 Å². The van der Waals surface area contributed by atoms with Crippen LogP contribution in [0.1, 0.15) is 24.5 Å². The van der Waals surface area contributed by atoms with E-state index in [0.717, 1.165) is 23.3 Å². The van der Waals surface area contributed by atoms with E-state index in [9.17, 15) is 4.79 Å². The lowest BCUT2D eigenvalue weighted by atomic mass is 9.98. The molecule has 1 aromatic carbocycles. The Hall–Kier alpha value is -1.84. The van der Waals surface area contributed by atoms with Gasteiger partial charge in [0.15, 0.2) is 0 Å². The largest absolute Gasteiger partial charge is 0.478 e. The van der Waals surface area contributed by atoms with Gasteiger partial charge < -0.3 is 9.94 Å². The third kappa shape index (κ3) is 1.91. The summed E-state index contributed by atoms with van der Waals surface area (Å²) < 4.78 is 0. The maximum Gasteiger partial charge on any atom is 0.348 e. The van der Waals surface area contributed by atoms with Crippen LogP contribution in [-0.2, 0) is 16.1 Å². The molecule has 84 valence electrons. The van der Waals surface area contributed by atoms with E-state index < -0.39 is 12.1 Å². The SMILES string of the molecule is CCc1ccccc1C1=NOC(C(=O)O)C1. The van der Waals surface area contributed by atoms with Crippen LogP contribution in [0.25, 0.3) is 0 Å². The number of oxime groups is 1. The van der Waals surface area contributed by atoms with E-state index in [1.165, 1.54) is 0 Å². The number of hydrogen-bond donors (Lipinski definition) is 1. The van der Waals surface area contributed by atoms with Crippen LogP contribution in [0.5, 0.6) is 0 Å². The van der Waals surface area contributed by atoms with Crippen molar-refractivity contribution in [1.29, 1.82) is 0 Å². The van der Waals surface area contributed by atoms with Gasteiger partial charge in [-0.15, -0.1) is 0 Å². The third-order valence-electron chi connectivity index (χ3n) is 2.65. The second-order valence-electron chi connectivity index (χ2n) is 3.69. The molecule has 1 aliphatic rings. The fourth-order valence-corrected chi connectivity index (χ4v) is 1.78. The number of benzene rings is 1. The second-order valence-corrected chi connectivity index (χ2v) is 3.69. The highest BCUT2D eigenvalue weighted by Gasteiger charge is 2.28. The van der Waals surface area contributed by atoms with Gasteiger partial charge in [0.1, 0.15) is 0 Å². The highest BCUT2D eigenvalue weighted by molar-refractivity contribution is 6.04. The van der Waals surface area contributed by atoms with E-state index in [1.54, 1.807) is 0 Å². The Morgan fingerprint density at radius 1 is 1.56 bits per heavy atom. The first-order chi connectivity index (χ1) is 7.72. The number of carboxylic acid groups (broad SMARTS) is 1. The Balaban J connectivity index is 2.23. The summed E-state index contributed by atoms with van der Waals surface area (Å²) in [7, 11) is 0. The average Bonchev–Trinajstić information content (AvgIpc) is 2.78. The summed E-state index contributed by atoms with van der Waals surface area (Å²) in [5.74, 6) is -0.965. The standard InChI is InChI=1S/C12H13NO3/c1-2-8-5-3-4-6-9(8)10-7-11(12(14)15)16-13-10/h3-6,11H,2,7H2,1H3,(H,14,15). The third-order valence-corrected chi connectivity index (χ3v) is 2.65. The summed E-state index contributed by atoms with van der Waals surface area (Å²) in [6.07, 6.45) is 0.402. The van der Waals surface area contributed by atoms with Gasteiger partial charge in [-0.3, -0.25) is 0 Å². The van der Waals surface area contributed by atoms with E-state index in [0.29, 0.717) is 6.42 Å². The van der Waals surface area contributed by atoms with E-state index >= 15 is 0 Å². The number of rotatable bonds is 3. The van der Waals surface area contributed by atoms with Gasteiger partial charge in [-0.25, -0.2) is 4.79 Å². The first-order valence-electron chi connectivity index (χ1n) is 5.26. The summed E-state index contributed by atoms with van der Waals surface area (Å²) in [6, 6.07) is 7.86. The Kier molecular flexibility index (Phi) is 2.90. The van der Waals surface area contributed by atoms with Crippen LogP contribution in [0.4, 0.5) is 0 Å². The van der Waals surface area contributed by atoms with Gasteiger partial charge in [0.25, 0.3) is 0 Å². The van der Waals surface area contributed by atoms with Crippen LogP contribution in [0.2, 0.25) is 0 Å². The molecule has 0 bridgehead atoms. The molecule has 2 rings (SSSR count). The number of aryl methyl sites for hydroxylation is 1. The lowest BCUT2D eigenvalue weighted by molar-refractivity contribution is -0.148. The molecule has 0 fully saturated rings. The molecule has 1 aromatic rings. The molecule has 4 heteroatoms. The van der Waals surface area contributed by atoms with Gasteiger partial charge in [-0.2, -0.15) is 0 Å². The van der Waals surface area contributed by atoms with Crippen molar-refractivity contribution >= 4 is 11.7 Å². The van der Waals surface area contributed by atoms with Crippen LogP contribution in [0, 0.1) is 0 Å². The maximum absolute atomic E-state index is 10.7. The van der Waals surface area contributed by atoms with Crippen LogP contribution >= 0.6 is 0 Å². The zero-order valence-electron chi connectivity index (χ0n) is 9.01. The average molecular weight is 219 g/mol. The van der Waals surface area contributed by atoms with Gasteiger partial charge in [0, 0.05) is 12.0 Å². The van der Waals surface area contributed by atoms with Crippen LogP contribution in [0.15, 0.2) is 29.4 Å². The number of hydrogen-bond acceptors (Lipinski definition) is 3. The smallest absolute Gasteiger partial charge is 0.348 e. The van der Waals surface area contributed by atoms with E-state index in [2.05, 4.69) is 12.1 Å². The monoisotopic (exact) mass is 219 g/mol. The van der Waals surface area contributed by atoms with Crippen molar-refractivity contribution in [3.8, 4) is 0 Å². The summed E-state index contributed by atoms with van der Waals surface area (Å²) >= 11 is 0. The normalized spacial score (nSPS) is 19.1. The molecule has 0 radical (unpaired) electrons. The molecule has 0 spiro atoms. The van der Waals surface area contributed by atoms with Crippen molar-refractivity contribution in [3.63, 3.8) is 0 Å². The molecule has 1 heterocycles. The molecule has 1 N–H and O–H groups in total. The van der Waals surface area contributed by atoms with Crippen molar-refractivity contribution in [1.82, 2.24) is 0 Å². The number of nitrogens with zero attached hydrogens (tertiary/aromatic N) is 1. The van der Waals surface area contributed by atoms with Gasteiger partial charge in [-0.1, -0.05) is 36.3 Å². The minimum absolute atomic E-state index is 0.340. The molecule has 1 atom stereocenters. The second kappa shape index (κ2) is 4.35. The molecule has 16 heavy (non-hydrogen) atoms. The molecule has 1 unspecified atom stereocenters. The molecular weight excluding hydrogens is 206 g/mol. The van der Waals surface area contributed by atoms with Crippen molar-refractivity contribution in [3.05, 3.63) is 35.4 Å². The number of carbonyl (C=O) groups is 1. The Bertz CT molecular complexity index is 440. The Labute approximate surface area is 93.5 Å². The fourth-order valence-electron chi connectivity index (χ4n) is 1.78. The minimum Gasteiger partial charge on any atom is -0.478 e. The molecular formula is C12H13NO3. The first-order valence-corrected chi connectivity index (χ1v) is 5.26. The maximum atomic E-state index is 10.7. The summed E-state index contributed by atoms with van der Waals surface area (Å²) in [4.78, 5) is 15.6. The van der Waals surface area contributed by atoms with Crippen LogP contribution in [-0.4, -0.2) is 22.9 Å². The minimum atomic E-state index is -0.965. The Morgan fingerprint density at radius 2 is 2.31 bits per heavy atom. The van der Waals surface area contributed by atoms with E-state index in [4.69, 9.17) is 9.94 Å². The fraction of sp³-hybridized carbons (Fsp3) is 0.333. The first kappa shape index (κ1) is 10.7. The van der Waals surface area contributed by atoms with Crippen molar-refractivity contribution in [2.75, 3.05) is 0 Å². The number of aliphatic carboxylic acids is 1. The summed E-state index contributed by atoms with van der Waals surface area (Å²) in [5, 5.41) is 12.7. The predicted molar refractivity (Wildman–Crippen MR) is 59.5 cm³/mol. The molecule has 0 saturated heterocycles. The highest BCUT2D eigenvalue weighted by atomic mass is 16.7. The lowest BCUT2D eigenvalue weighted by Gasteiger charge is -2.05. The quantitative estimate of drug-likeness (QED) is 0.843. The molecule has 0 aliphatic carbocycles. The number of carboxylic acids is 1. The molecule has 1 aliphatic heterocycles. The molecule has 0 saturated carbocycles. The van der Waals surface area contributed by atoms with E-state index in [1.807, 2.05) is 24.3 Å². The van der Waals surface area contributed by atoms with Crippen LogP contribution < -0.4 is 0 Å². The van der Waals surface area contributed by atoms with E-state index in [-0.39, 0.29) is 0 Å². The molecule has 0 aromatic heterocycles. The highest BCUT2D eigenvalue weighted by Crippen LogP contribution is 2.20. The zero-order valence-corrected chi connectivity index (χ0v) is 9.01. The summed E-state index contributed by atoms with van der Waals surface area (Å²) in [6.45, 7) is 2.06. The Morgan fingerprint density at radius 3 is 2.94 bits per heavy atom. The summed E-state index contributed by atoms with van der Waals surface area (Å²) in [5.41, 5.74) is 2.88. The molecule has 0 amide bonds.